The average molecular weight is 351 g/mol. The lowest BCUT2D eigenvalue weighted by atomic mass is 9.97. The lowest BCUT2D eigenvalue weighted by molar-refractivity contribution is 0.00908. The summed E-state index contributed by atoms with van der Waals surface area (Å²) >= 11 is 9.18. The zero-order chi connectivity index (χ0) is 13.8. The van der Waals surface area contributed by atoms with Crippen molar-refractivity contribution in [1.29, 1.82) is 0 Å². The van der Waals surface area contributed by atoms with Crippen molar-refractivity contribution in [2.45, 2.75) is 44.2 Å². The van der Waals surface area contributed by atoms with Crippen molar-refractivity contribution in [3.05, 3.63) is 33.0 Å². The molecule has 0 radical (unpaired) electrons. The van der Waals surface area contributed by atoms with Gasteiger partial charge in [0.1, 0.15) is 5.82 Å². The average Bonchev–Trinajstić information content (AvgIpc) is 2.41. The van der Waals surface area contributed by atoms with Gasteiger partial charge in [0.15, 0.2) is 0 Å². The first kappa shape index (κ1) is 15.2. The van der Waals surface area contributed by atoms with Crippen molar-refractivity contribution < 1.29 is 9.13 Å². The van der Waals surface area contributed by atoms with Crippen molar-refractivity contribution >= 4 is 27.5 Å². The Morgan fingerprint density at radius 1 is 1.47 bits per heavy atom. The molecule has 1 heterocycles. The van der Waals surface area contributed by atoms with Crippen molar-refractivity contribution in [3.63, 3.8) is 0 Å². The van der Waals surface area contributed by atoms with Crippen LogP contribution in [0.1, 0.15) is 43.7 Å². The van der Waals surface area contributed by atoms with Gasteiger partial charge in [0.2, 0.25) is 0 Å². The Bertz CT molecular complexity index is 438. The summed E-state index contributed by atoms with van der Waals surface area (Å²) in [7, 11) is 0. The van der Waals surface area contributed by atoms with Crippen LogP contribution in [-0.2, 0) is 4.74 Å². The van der Waals surface area contributed by atoms with Crippen LogP contribution in [0.25, 0.3) is 0 Å². The molecule has 2 nitrogen and oxygen atoms in total. The van der Waals surface area contributed by atoms with Gasteiger partial charge in [0.05, 0.1) is 11.1 Å². The van der Waals surface area contributed by atoms with E-state index in [0.717, 1.165) is 25.9 Å². The normalized spacial score (nSPS) is 21.4. The van der Waals surface area contributed by atoms with E-state index >= 15 is 0 Å². The summed E-state index contributed by atoms with van der Waals surface area (Å²) in [5.74, 6) is -0.312. The molecule has 0 bridgehead atoms. The quantitative estimate of drug-likeness (QED) is 0.806. The SMILES string of the molecule is NC(CCC1CCCCO1)c1cc(Cl)c(Br)cc1F. The first-order valence-corrected chi connectivity index (χ1v) is 7.76. The molecule has 2 unspecified atom stereocenters. The lowest BCUT2D eigenvalue weighted by Crippen LogP contribution is -2.21. The van der Waals surface area contributed by atoms with Gasteiger partial charge in [0.25, 0.3) is 0 Å². The first-order valence-electron chi connectivity index (χ1n) is 6.59. The number of rotatable bonds is 4. The molecule has 0 aromatic heterocycles. The summed E-state index contributed by atoms with van der Waals surface area (Å²) in [6, 6.07) is 2.64. The molecule has 2 atom stereocenters. The Labute approximate surface area is 126 Å². The second kappa shape index (κ2) is 7.02. The Morgan fingerprint density at radius 3 is 2.95 bits per heavy atom. The van der Waals surface area contributed by atoms with Gasteiger partial charge in [-0.05, 0) is 60.2 Å². The molecule has 1 aliphatic heterocycles. The maximum Gasteiger partial charge on any atom is 0.129 e. The third-order valence-electron chi connectivity index (χ3n) is 3.51. The van der Waals surface area contributed by atoms with Crippen LogP contribution in [0.5, 0.6) is 0 Å². The number of halogens is 3. The van der Waals surface area contributed by atoms with Gasteiger partial charge in [0, 0.05) is 22.7 Å². The van der Waals surface area contributed by atoms with E-state index in [1.165, 1.54) is 12.5 Å². The zero-order valence-electron chi connectivity index (χ0n) is 10.7. The van der Waals surface area contributed by atoms with Crippen molar-refractivity contribution in [2.24, 2.45) is 5.73 Å². The largest absolute Gasteiger partial charge is 0.378 e. The van der Waals surface area contributed by atoms with Crippen LogP contribution in [0.15, 0.2) is 16.6 Å². The van der Waals surface area contributed by atoms with Crippen LogP contribution >= 0.6 is 27.5 Å². The number of hydrogen-bond donors (Lipinski definition) is 1. The molecular formula is C14H18BrClFNO. The number of ether oxygens (including phenoxy) is 1. The van der Waals surface area contributed by atoms with Gasteiger partial charge in [-0.15, -0.1) is 0 Å². The van der Waals surface area contributed by atoms with Gasteiger partial charge < -0.3 is 10.5 Å². The second-order valence-corrected chi connectivity index (χ2v) is 6.22. The highest BCUT2D eigenvalue weighted by Gasteiger charge is 2.18. The molecule has 0 spiro atoms. The zero-order valence-corrected chi connectivity index (χ0v) is 13.0. The minimum absolute atomic E-state index is 0.272. The molecule has 1 aromatic rings. The first-order chi connectivity index (χ1) is 9.08. The molecule has 106 valence electrons. The molecule has 5 heteroatoms. The highest BCUT2D eigenvalue weighted by Crippen LogP contribution is 2.30. The van der Waals surface area contributed by atoms with Crippen LogP contribution in [0, 0.1) is 5.82 Å². The van der Waals surface area contributed by atoms with Crippen LogP contribution in [0.2, 0.25) is 5.02 Å². The fourth-order valence-corrected chi connectivity index (χ4v) is 2.87. The highest BCUT2D eigenvalue weighted by atomic mass is 79.9. The summed E-state index contributed by atoms with van der Waals surface area (Å²) in [6.45, 7) is 0.832. The van der Waals surface area contributed by atoms with E-state index < -0.39 is 0 Å². The Balaban J connectivity index is 1.95. The maximum atomic E-state index is 13.8. The molecule has 1 fully saturated rings. The second-order valence-electron chi connectivity index (χ2n) is 4.96. The maximum absolute atomic E-state index is 13.8. The predicted molar refractivity (Wildman–Crippen MR) is 78.9 cm³/mol. The number of hydrogen-bond acceptors (Lipinski definition) is 2. The molecular weight excluding hydrogens is 333 g/mol. The van der Waals surface area contributed by atoms with Crippen molar-refractivity contribution in [2.75, 3.05) is 6.61 Å². The van der Waals surface area contributed by atoms with Gasteiger partial charge in [-0.3, -0.25) is 0 Å². The molecule has 1 aliphatic rings. The van der Waals surface area contributed by atoms with Gasteiger partial charge in [-0.2, -0.15) is 0 Å². The summed E-state index contributed by atoms with van der Waals surface area (Å²) < 4.78 is 20.1. The van der Waals surface area contributed by atoms with Crippen LogP contribution in [0.4, 0.5) is 4.39 Å². The van der Waals surface area contributed by atoms with Gasteiger partial charge >= 0.3 is 0 Å². The molecule has 2 N–H and O–H groups in total. The summed E-state index contributed by atoms with van der Waals surface area (Å²) in [6.07, 6.45) is 5.27. The topological polar surface area (TPSA) is 35.2 Å². The van der Waals surface area contributed by atoms with E-state index in [4.69, 9.17) is 22.1 Å². The monoisotopic (exact) mass is 349 g/mol. The fraction of sp³-hybridized carbons (Fsp3) is 0.571. The number of benzene rings is 1. The van der Waals surface area contributed by atoms with E-state index in [-0.39, 0.29) is 18.0 Å². The van der Waals surface area contributed by atoms with Crippen molar-refractivity contribution in [3.8, 4) is 0 Å². The van der Waals surface area contributed by atoms with E-state index in [9.17, 15) is 4.39 Å². The third kappa shape index (κ3) is 4.15. The Morgan fingerprint density at radius 2 is 2.26 bits per heavy atom. The van der Waals surface area contributed by atoms with E-state index in [1.54, 1.807) is 6.07 Å². The third-order valence-corrected chi connectivity index (χ3v) is 4.71. The standard InChI is InChI=1S/C14H18BrClFNO/c15-11-8-13(17)10(7-12(11)16)14(18)5-4-9-3-1-2-6-19-9/h7-9,14H,1-6,18H2. The van der Waals surface area contributed by atoms with E-state index in [1.807, 2.05) is 0 Å². The molecule has 0 saturated carbocycles. The summed E-state index contributed by atoms with van der Waals surface area (Å²) in [5, 5.41) is 0.487. The predicted octanol–water partition coefficient (Wildman–Crippen LogP) is 4.59. The minimum Gasteiger partial charge on any atom is -0.378 e. The highest BCUT2D eigenvalue weighted by molar-refractivity contribution is 9.10. The van der Waals surface area contributed by atoms with Gasteiger partial charge in [-0.25, -0.2) is 4.39 Å². The van der Waals surface area contributed by atoms with Crippen molar-refractivity contribution in [1.82, 2.24) is 0 Å². The van der Waals surface area contributed by atoms with Gasteiger partial charge in [-0.1, -0.05) is 11.6 Å². The molecule has 1 saturated heterocycles. The van der Waals surface area contributed by atoms with Crippen LogP contribution in [-0.4, -0.2) is 12.7 Å². The van der Waals surface area contributed by atoms with Crippen LogP contribution in [0.3, 0.4) is 0 Å². The lowest BCUT2D eigenvalue weighted by Gasteiger charge is -2.24. The number of nitrogens with two attached hydrogens (primary N) is 1. The Hall–Kier alpha value is -0.160. The molecule has 0 amide bonds. The minimum atomic E-state index is -0.337. The van der Waals surface area contributed by atoms with Crippen LogP contribution < -0.4 is 5.73 Å². The molecule has 0 aliphatic carbocycles. The summed E-state index contributed by atoms with van der Waals surface area (Å²) in [5.41, 5.74) is 6.54. The fourth-order valence-electron chi connectivity index (χ4n) is 2.38. The molecule has 1 aromatic carbocycles. The molecule has 2 rings (SSSR count). The molecule has 19 heavy (non-hydrogen) atoms. The van der Waals surface area contributed by atoms with E-state index in [0.29, 0.717) is 21.5 Å². The smallest absolute Gasteiger partial charge is 0.129 e. The Kier molecular flexibility index (Phi) is 5.63. The summed E-state index contributed by atoms with van der Waals surface area (Å²) in [4.78, 5) is 0. The van der Waals surface area contributed by atoms with E-state index in [2.05, 4.69) is 15.9 Å².